The van der Waals surface area contributed by atoms with Gasteiger partial charge in [-0.1, -0.05) is 24.3 Å². The number of pyridine rings is 1. The van der Waals surface area contributed by atoms with E-state index in [0.29, 0.717) is 51.5 Å². The van der Waals surface area contributed by atoms with Crippen molar-refractivity contribution in [2.75, 3.05) is 59.7 Å². The summed E-state index contributed by atoms with van der Waals surface area (Å²) in [6.45, 7) is 2.18. The number of para-hydroxylation sites is 1. The van der Waals surface area contributed by atoms with E-state index < -0.39 is 35.4 Å². The van der Waals surface area contributed by atoms with Crippen molar-refractivity contribution in [1.29, 1.82) is 0 Å². The van der Waals surface area contributed by atoms with Crippen LogP contribution in [0.3, 0.4) is 0 Å². The van der Waals surface area contributed by atoms with E-state index in [0.717, 1.165) is 5.56 Å². The van der Waals surface area contributed by atoms with Crippen LogP contribution in [0.1, 0.15) is 34.2 Å². The summed E-state index contributed by atoms with van der Waals surface area (Å²) in [6.07, 6.45) is -3.05. The van der Waals surface area contributed by atoms with Gasteiger partial charge in [0.2, 0.25) is 5.76 Å². The first-order valence-electron chi connectivity index (χ1n) is 14.5. The lowest BCUT2D eigenvalue weighted by atomic mass is 9.99. The molecule has 0 spiro atoms. The molecule has 0 bridgehead atoms. The van der Waals surface area contributed by atoms with Gasteiger partial charge in [0, 0.05) is 45.2 Å². The van der Waals surface area contributed by atoms with Crippen molar-refractivity contribution < 1.29 is 36.0 Å². The molecule has 1 unspecified atom stereocenters. The van der Waals surface area contributed by atoms with Gasteiger partial charge in [-0.3, -0.25) is 4.79 Å². The number of oxazole rings is 1. The van der Waals surface area contributed by atoms with Gasteiger partial charge in [0.1, 0.15) is 17.5 Å². The van der Waals surface area contributed by atoms with Gasteiger partial charge in [-0.05, 0) is 48.4 Å². The highest BCUT2D eigenvalue weighted by molar-refractivity contribution is 6.03. The fraction of sp³-hybridized carbons (Fsp3) is 0.290. The van der Waals surface area contributed by atoms with Crippen LogP contribution >= 0.6 is 0 Å². The van der Waals surface area contributed by atoms with Crippen LogP contribution in [-0.2, 0) is 6.18 Å². The highest BCUT2D eigenvalue weighted by Crippen LogP contribution is 2.37. The van der Waals surface area contributed by atoms with Gasteiger partial charge in [0.25, 0.3) is 11.9 Å². The molecule has 3 amide bonds. The average molecular weight is 642 g/mol. The number of carbonyl (C=O) groups excluding carboxylic acids is 2. The number of amides is 3. The first kappa shape index (κ1) is 30.8. The topological polar surface area (TPSA) is 107 Å². The SMILES string of the molecule is O=C(Nc1ccc(N2CCN(C(=O)Nc3ccccc3F)CC2)nc1)c1oc(N2CCC(c3ccc(F)cc3)C2)nc1C(F)(F)F. The number of carbonyl (C=O) groups is 2. The number of piperazine rings is 1. The third-order valence-corrected chi connectivity index (χ3v) is 7.90. The molecular formula is C31H28F5N7O3. The van der Waals surface area contributed by atoms with Crippen molar-refractivity contribution in [3.05, 3.63) is 95.5 Å². The molecule has 2 fully saturated rings. The Bertz CT molecular complexity index is 1700. The average Bonchev–Trinajstić information content (AvgIpc) is 3.72. The Labute approximate surface area is 259 Å². The summed E-state index contributed by atoms with van der Waals surface area (Å²) in [5.74, 6) is -2.55. The van der Waals surface area contributed by atoms with Gasteiger partial charge in [-0.15, -0.1) is 0 Å². The second-order valence-electron chi connectivity index (χ2n) is 10.9. The predicted molar refractivity (Wildman–Crippen MR) is 159 cm³/mol. The van der Waals surface area contributed by atoms with Gasteiger partial charge in [0.05, 0.1) is 17.6 Å². The Balaban J connectivity index is 1.07. The Morgan fingerprint density at radius 2 is 1.61 bits per heavy atom. The van der Waals surface area contributed by atoms with Gasteiger partial charge < -0.3 is 29.8 Å². The van der Waals surface area contributed by atoms with E-state index in [1.165, 1.54) is 47.5 Å². The van der Waals surface area contributed by atoms with E-state index in [1.54, 1.807) is 29.2 Å². The minimum absolute atomic E-state index is 0.0669. The Morgan fingerprint density at radius 1 is 0.870 bits per heavy atom. The monoisotopic (exact) mass is 641 g/mol. The molecule has 2 aromatic carbocycles. The quantitative estimate of drug-likeness (QED) is 0.250. The lowest BCUT2D eigenvalue weighted by Crippen LogP contribution is -2.50. The number of anilines is 4. The molecule has 2 aromatic heterocycles. The number of nitrogens with one attached hydrogen (secondary N) is 2. The number of hydrogen-bond donors (Lipinski definition) is 2. The molecule has 2 saturated heterocycles. The van der Waals surface area contributed by atoms with Crippen LogP contribution in [-0.4, -0.2) is 66.1 Å². The lowest BCUT2D eigenvalue weighted by Gasteiger charge is -2.35. The molecule has 46 heavy (non-hydrogen) atoms. The van der Waals surface area contributed by atoms with E-state index in [2.05, 4.69) is 20.6 Å². The summed E-state index contributed by atoms with van der Waals surface area (Å²) in [5.41, 5.74) is -0.371. The van der Waals surface area contributed by atoms with Crippen molar-refractivity contribution in [1.82, 2.24) is 14.9 Å². The largest absolute Gasteiger partial charge is 0.437 e. The van der Waals surface area contributed by atoms with Crippen molar-refractivity contribution >= 4 is 35.1 Å². The summed E-state index contributed by atoms with van der Waals surface area (Å²) < 4.78 is 74.2. The van der Waals surface area contributed by atoms with Crippen molar-refractivity contribution in [3.8, 4) is 0 Å². The molecule has 0 aliphatic carbocycles. The van der Waals surface area contributed by atoms with Gasteiger partial charge in [0.15, 0.2) is 5.69 Å². The van der Waals surface area contributed by atoms with Crippen LogP contribution in [0.15, 0.2) is 71.3 Å². The number of urea groups is 1. The normalized spacial score (nSPS) is 16.9. The number of benzene rings is 2. The molecule has 6 rings (SSSR count). The second-order valence-corrected chi connectivity index (χ2v) is 10.9. The van der Waals surface area contributed by atoms with Crippen LogP contribution < -0.4 is 20.4 Å². The fourth-order valence-corrected chi connectivity index (χ4v) is 5.46. The molecule has 4 heterocycles. The van der Waals surface area contributed by atoms with Gasteiger partial charge >= 0.3 is 12.2 Å². The summed E-state index contributed by atoms with van der Waals surface area (Å²) in [6, 6.07) is 14.1. The van der Waals surface area contributed by atoms with Crippen molar-refractivity contribution in [3.63, 3.8) is 0 Å². The summed E-state index contributed by atoms with van der Waals surface area (Å²) in [7, 11) is 0. The van der Waals surface area contributed by atoms with Crippen LogP contribution in [0.5, 0.6) is 0 Å². The van der Waals surface area contributed by atoms with Gasteiger partial charge in [-0.2, -0.15) is 18.2 Å². The maximum absolute atomic E-state index is 13.9. The molecule has 0 radical (unpaired) electrons. The minimum Gasteiger partial charge on any atom is -0.417 e. The number of rotatable bonds is 6. The van der Waals surface area contributed by atoms with Crippen LogP contribution in [0.4, 0.5) is 50.0 Å². The van der Waals surface area contributed by atoms with Crippen molar-refractivity contribution in [2.45, 2.75) is 18.5 Å². The molecule has 2 aliphatic rings. The van der Waals surface area contributed by atoms with Gasteiger partial charge in [-0.25, -0.2) is 18.6 Å². The smallest absolute Gasteiger partial charge is 0.417 e. The first-order valence-corrected chi connectivity index (χ1v) is 14.5. The summed E-state index contributed by atoms with van der Waals surface area (Å²) in [4.78, 5) is 38.4. The Morgan fingerprint density at radius 3 is 2.28 bits per heavy atom. The van der Waals surface area contributed by atoms with E-state index in [4.69, 9.17) is 4.42 Å². The van der Waals surface area contributed by atoms with Crippen LogP contribution in [0.25, 0.3) is 0 Å². The summed E-state index contributed by atoms with van der Waals surface area (Å²) in [5, 5.41) is 4.95. The number of nitrogens with zero attached hydrogens (tertiary/aromatic N) is 5. The fourth-order valence-electron chi connectivity index (χ4n) is 5.46. The van der Waals surface area contributed by atoms with E-state index >= 15 is 0 Å². The molecule has 1 atom stereocenters. The highest BCUT2D eigenvalue weighted by Gasteiger charge is 2.42. The molecule has 15 heteroatoms. The lowest BCUT2D eigenvalue weighted by molar-refractivity contribution is -0.141. The molecule has 2 aliphatic heterocycles. The summed E-state index contributed by atoms with van der Waals surface area (Å²) >= 11 is 0. The van der Waals surface area contributed by atoms with Crippen LogP contribution in [0.2, 0.25) is 0 Å². The molecule has 240 valence electrons. The molecule has 0 saturated carbocycles. The zero-order valence-electron chi connectivity index (χ0n) is 24.2. The maximum atomic E-state index is 13.9. The van der Waals surface area contributed by atoms with E-state index in [-0.39, 0.29) is 29.1 Å². The molecule has 4 aromatic rings. The zero-order chi connectivity index (χ0) is 32.4. The molecule has 2 N–H and O–H groups in total. The number of hydrogen-bond acceptors (Lipinski definition) is 7. The molecular weight excluding hydrogens is 613 g/mol. The maximum Gasteiger partial charge on any atom is 0.437 e. The standard InChI is InChI=1S/C31H28F5N7O3/c32-21-7-5-19(6-8-21)20-11-12-43(18-20)30-40-27(31(34,35)36)26(46-30)28(44)38-22-9-10-25(37-17-22)41-13-15-42(16-14-41)29(45)39-24-4-2-1-3-23(24)33/h1-10,17,20H,11-16,18H2,(H,38,44)(H,39,45). The second kappa shape index (κ2) is 12.7. The highest BCUT2D eigenvalue weighted by atomic mass is 19.4. The predicted octanol–water partition coefficient (Wildman–Crippen LogP) is 5.97. The zero-order valence-corrected chi connectivity index (χ0v) is 24.2. The molecule has 10 nitrogen and oxygen atoms in total. The van der Waals surface area contributed by atoms with E-state index in [9.17, 15) is 31.5 Å². The third-order valence-electron chi connectivity index (χ3n) is 7.90. The number of alkyl halides is 3. The number of halogens is 5. The number of aromatic nitrogens is 2. The Kier molecular flexibility index (Phi) is 8.47. The van der Waals surface area contributed by atoms with E-state index in [1.807, 2.05) is 4.90 Å². The minimum atomic E-state index is -4.94. The third kappa shape index (κ3) is 6.72. The first-order chi connectivity index (χ1) is 22.0. The Hall–Kier alpha value is -5.21. The van der Waals surface area contributed by atoms with Crippen molar-refractivity contribution in [2.24, 2.45) is 0 Å². The van der Waals surface area contributed by atoms with Crippen LogP contribution in [0, 0.1) is 11.6 Å².